The first-order valence-corrected chi connectivity index (χ1v) is 5.77. The van der Waals surface area contributed by atoms with Crippen molar-refractivity contribution in [2.24, 2.45) is 0 Å². The van der Waals surface area contributed by atoms with Gasteiger partial charge < -0.3 is 10.5 Å². The second-order valence-corrected chi connectivity index (χ2v) is 4.55. The lowest BCUT2D eigenvalue weighted by atomic mass is 10.3. The molecule has 0 aliphatic heterocycles. The minimum absolute atomic E-state index is 0.161. The first-order chi connectivity index (χ1) is 8.06. The van der Waals surface area contributed by atoms with Gasteiger partial charge in [0, 0.05) is 10.7 Å². The molecule has 3 nitrogen and oxygen atoms in total. The van der Waals surface area contributed by atoms with Gasteiger partial charge in [-0.3, -0.25) is 0 Å². The number of ether oxygens (including phenoxy) is 1. The number of benzene rings is 1. The molecule has 0 unspecified atom stereocenters. The van der Waals surface area contributed by atoms with E-state index in [1.165, 1.54) is 12.1 Å². The highest BCUT2D eigenvalue weighted by Gasteiger charge is 2.08. The van der Waals surface area contributed by atoms with Gasteiger partial charge in [0.2, 0.25) is 5.88 Å². The maximum absolute atomic E-state index is 12.8. The van der Waals surface area contributed by atoms with E-state index < -0.39 is 5.82 Å². The van der Waals surface area contributed by atoms with Crippen LogP contribution >= 0.6 is 27.5 Å². The summed E-state index contributed by atoms with van der Waals surface area (Å²) in [5.74, 6) is 0.0929. The van der Waals surface area contributed by atoms with Crippen LogP contribution in [0.2, 0.25) is 5.02 Å². The van der Waals surface area contributed by atoms with E-state index in [0.717, 1.165) is 10.5 Å². The van der Waals surface area contributed by atoms with Crippen LogP contribution in [0.15, 0.2) is 34.9 Å². The second kappa shape index (κ2) is 4.89. The van der Waals surface area contributed by atoms with Crippen LogP contribution in [-0.2, 0) is 0 Å². The summed E-state index contributed by atoms with van der Waals surface area (Å²) in [7, 11) is 0. The summed E-state index contributed by atoms with van der Waals surface area (Å²) in [5, 5.41) is 0.161. The fourth-order valence-corrected chi connectivity index (χ4v) is 1.74. The Hall–Kier alpha value is -1.33. The van der Waals surface area contributed by atoms with E-state index in [2.05, 4.69) is 20.9 Å². The lowest BCUT2D eigenvalue weighted by molar-refractivity contribution is 0.464. The maximum atomic E-state index is 12.8. The van der Waals surface area contributed by atoms with E-state index in [1.807, 2.05) is 0 Å². The van der Waals surface area contributed by atoms with E-state index in [-0.39, 0.29) is 10.9 Å². The zero-order valence-electron chi connectivity index (χ0n) is 8.45. The van der Waals surface area contributed by atoms with Crippen molar-refractivity contribution in [1.29, 1.82) is 0 Å². The Morgan fingerprint density at radius 1 is 1.35 bits per heavy atom. The number of rotatable bonds is 2. The van der Waals surface area contributed by atoms with Gasteiger partial charge >= 0.3 is 0 Å². The molecule has 0 aliphatic carbocycles. The topological polar surface area (TPSA) is 48.1 Å². The van der Waals surface area contributed by atoms with Crippen LogP contribution in [0.4, 0.5) is 10.1 Å². The fraction of sp³-hybridized carbons (Fsp3) is 0. The van der Waals surface area contributed by atoms with Gasteiger partial charge in [0.25, 0.3) is 0 Å². The number of nitrogen functional groups attached to an aromatic ring is 1. The lowest BCUT2D eigenvalue weighted by Gasteiger charge is -2.08. The first-order valence-electron chi connectivity index (χ1n) is 4.60. The molecule has 2 aromatic rings. The number of pyridine rings is 1. The molecule has 0 aliphatic rings. The van der Waals surface area contributed by atoms with Crippen LogP contribution in [0.5, 0.6) is 11.6 Å². The third kappa shape index (κ3) is 2.87. The van der Waals surface area contributed by atoms with E-state index in [0.29, 0.717) is 11.4 Å². The molecule has 88 valence electrons. The van der Waals surface area contributed by atoms with Crippen molar-refractivity contribution in [1.82, 2.24) is 4.98 Å². The number of halogens is 3. The quantitative estimate of drug-likeness (QED) is 0.910. The summed E-state index contributed by atoms with van der Waals surface area (Å²) in [6.07, 6.45) is 1.54. The zero-order valence-corrected chi connectivity index (χ0v) is 10.8. The largest absolute Gasteiger partial charge is 0.435 e. The van der Waals surface area contributed by atoms with Crippen molar-refractivity contribution in [3.8, 4) is 11.6 Å². The number of anilines is 1. The number of aromatic nitrogens is 1. The molecule has 0 saturated heterocycles. The molecular formula is C11H7BrClFN2O. The molecule has 2 rings (SSSR count). The Balaban J connectivity index is 2.31. The minimum Gasteiger partial charge on any atom is -0.435 e. The van der Waals surface area contributed by atoms with Gasteiger partial charge in [-0.1, -0.05) is 11.6 Å². The van der Waals surface area contributed by atoms with Gasteiger partial charge in [0.1, 0.15) is 11.6 Å². The molecule has 0 spiro atoms. The molecule has 1 heterocycles. The van der Waals surface area contributed by atoms with Gasteiger partial charge in [-0.2, -0.15) is 0 Å². The summed E-state index contributed by atoms with van der Waals surface area (Å²) in [4.78, 5) is 3.99. The van der Waals surface area contributed by atoms with Crippen LogP contribution in [0, 0.1) is 5.82 Å². The van der Waals surface area contributed by atoms with Crippen molar-refractivity contribution < 1.29 is 9.13 Å². The summed E-state index contributed by atoms with van der Waals surface area (Å²) in [6.45, 7) is 0. The summed E-state index contributed by atoms with van der Waals surface area (Å²) >= 11 is 9.05. The molecule has 1 aromatic heterocycles. The maximum Gasteiger partial charge on any atom is 0.242 e. The van der Waals surface area contributed by atoms with E-state index in [9.17, 15) is 4.39 Å². The van der Waals surface area contributed by atoms with Crippen LogP contribution in [-0.4, -0.2) is 4.98 Å². The Bertz CT molecular complexity index is 516. The van der Waals surface area contributed by atoms with Crippen molar-refractivity contribution in [2.45, 2.75) is 0 Å². The van der Waals surface area contributed by atoms with Gasteiger partial charge in [-0.05, 0) is 40.2 Å². The Kier molecular flexibility index (Phi) is 3.49. The Labute approximate surface area is 110 Å². The third-order valence-electron chi connectivity index (χ3n) is 1.95. The standard InChI is InChI=1S/C11H7BrClFN2O/c12-6-3-9(15)11(16-5-6)17-10-2-1-7(14)4-8(10)13/h1-5H,15H2. The van der Waals surface area contributed by atoms with Gasteiger partial charge in [-0.25, -0.2) is 9.37 Å². The molecule has 17 heavy (non-hydrogen) atoms. The fourth-order valence-electron chi connectivity index (χ4n) is 1.19. The van der Waals surface area contributed by atoms with Crippen LogP contribution < -0.4 is 10.5 Å². The molecule has 1 aromatic carbocycles. The van der Waals surface area contributed by atoms with Crippen LogP contribution in [0.1, 0.15) is 0 Å². The molecule has 0 amide bonds. The van der Waals surface area contributed by atoms with E-state index in [1.54, 1.807) is 12.3 Å². The third-order valence-corrected chi connectivity index (χ3v) is 2.68. The van der Waals surface area contributed by atoms with Crippen molar-refractivity contribution in [3.05, 3.63) is 45.8 Å². The highest BCUT2D eigenvalue weighted by molar-refractivity contribution is 9.10. The molecule has 0 bridgehead atoms. The minimum atomic E-state index is -0.431. The zero-order chi connectivity index (χ0) is 12.4. The average Bonchev–Trinajstić information content (AvgIpc) is 2.25. The monoisotopic (exact) mass is 316 g/mol. The Morgan fingerprint density at radius 2 is 2.12 bits per heavy atom. The summed E-state index contributed by atoms with van der Waals surface area (Å²) in [5.41, 5.74) is 6.08. The van der Waals surface area contributed by atoms with E-state index in [4.69, 9.17) is 22.1 Å². The van der Waals surface area contributed by atoms with Crippen molar-refractivity contribution in [2.75, 3.05) is 5.73 Å². The number of nitrogens with two attached hydrogens (primary N) is 1. The van der Waals surface area contributed by atoms with Crippen LogP contribution in [0.3, 0.4) is 0 Å². The number of hydrogen-bond acceptors (Lipinski definition) is 3. The molecule has 2 N–H and O–H groups in total. The smallest absolute Gasteiger partial charge is 0.242 e. The number of nitrogens with zero attached hydrogens (tertiary/aromatic N) is 1. The van der Waals surface area contributed by atoms with Crippen molar-refractivity contribution in [3.63, 3.8) is 0 Å². The SMILES string of the molecule is Nc1cc(Br)cnc1Oc1ccc(F)cc1Cl. The number of hydrogen-bond donors (Lipinski definition) is 1. The highest BCUT2D eigenvalue weighted by Crippen LogP contribution is 2.32. The Morgan fingerprint density at radius 3 is 2.76 bits per heavy atom. The molecule has 0 atom stereocenters. The van der Waals surface area contributed by atoms with E-state index >= 15 is 0 Å². The molecule has 0 radical (unpaired) electrons. The highest BCUT2D eigenvalue weighted by atomic mass is 79.9. The average molecular weight is 318 g/mol. The molecule has 0 saturated carbocycles. The van der Waals surface area contributed by atoms with Crippen molar-refractivity contribution >= 4 is 33.2 Å². The molecule has 0 fully saturated rings. The molecular weight excluding hydrogens is 310 g/mol. The normalized spacial score (nSPS) is 10.3. The van der Waals surface area contributed by atoms with Gasteiger partial charge in [0.15, 0.2) is 0 Å². The summed E-state index contributed by atoms with van der Waals surface area (Å²) in [6, 6.07) is 5.47. The molecule has 6 heteroatoms. The lowest BCUT2D eigenvalue weighted by Crippen LogP contribution is -1.95. The first kappa shape index (κ1) is 12.1. The second-order valence-electron chi connectivity index (χ2n) is 3.22. The van der Waals surface area contributed by atoms with Crippen LogP contribution in [0.25, 0.3) is 0 Å². The van der Waals surface area contributed by atoms with Gasteiger partial charge in [0.05, 0.1) is 10.7 Å². The predicted octanol–water partition coefficient (Wildman–Crippen LogP) is 4.01. The van der Waals surface area contributed by atoms with Gasteiger partial charge in [-0.15, -0.1) is 0 Å². The summed E-state index contributed by atoms with van der Waals surface area (Å²) < 4.78 is 19.0. The predicted molar refractivity (Wildman–Crippen MR) is 67.8 cm³/mol.